The summed E-state index contributed by atoms with van der Waals surface area (Å²) in [6, 6.07) is 5.16. The fraction of sp³-hybridized carbons (Fsp3) is 0.0909. The smallest absolute Gasteiger partial charge is 0.279 e. The van der Waals surface area contributed by atoms with Crippen LogP contribution in [0.4, 0.5) is 0 Å². The van der Waals surface area contributed by atoms with Crippen molar-refractivity contribution in [2.75, 3.05) is 7.11 Å². The molecule has 1 aromatic heterocycles. The van der Waals surface area contributed by atoms with Gasteiger partial charge >= 0.3 is 0 Å². The molecule has 0 saturated heterocycles. The van der Waals surface area contributed by atoms with Crippen molar-refractivity contribution < 1.29 is 14.7 Å². The van der Waals surface area contributed by atoms with Crippen molar-refractivity contribution in [3.63, 3.8) is 0 Å². The lowest BCUT2D eigenvalue weighted by molar-refractivity contribution is 0.0705. The number of pyridine rings is 1. The van der Waals surface area contributed by atoms with Crippen LogP contribution in [0.2, 0.25) is 0 Å². The highest BCUT2D eigenvalue weighted by atomic mass is 16.5. The van der Waals surface area contributed by atoms with Gasteiger partial charge in [-0.3, -0.25) is 15.0 Å². The van der Waals surface area contributed by atoms with E-state index in [1.807, 2.05) is 0 Å². The third-order valence-corrected chi connectivity index (χ3v) is 2.33. The molecule has 1 aromatic carbocycles. The standard InChI is InChI=1S/C11H10N2O3/c1-16-9-3-2-7-6-12-5-4-8(7)10(9)11(14)13-15/h2-6,15H,1H3,(H,13,14). The fourth-order valence-corrected chi connectivity index (χ4v) is 1.61. The van der Waals surface area contributed by atoms with Gasteiger partial charge in [-0.25, -0.2) is 5.48 Å². The summed E-state index contributed by atoms with van der Waals surface area (Å²) in [5, 5.41) is 10.2. The lowest BCUT2D eigenvalue weighted by atomic mass is 10.1. The molecule has 0 radical (unpaired) electrons. The number of carbonyl (C=O) groups is 1. The van der Waals surface area contributed by atoms with Crippen LogP contribution in [0, 0.1) is 0 Å². The summed E-state index contributed by atoms with van der Waals surface area (Å²) in [5.74, 6) is -0.195. The maximum atomic E-state index is 11.5. The van der Waals surface area contributed by atoms with Crippen LogP contribution < -0.4 is 10.2 Å². The van der Waals surface area contributed by atoms with Crippen LogP contribution in [0.15, 0.2) is 30.6 Å². The molecule has 0 aliphatic heterocycles. The molecule has 0 bridgehead atoms. The van der Waals surface area contributed by atoms with Crippen LogP contribution in [-0.2, 0) is 0 Å². The third kappa shape index (κ3) is 1.57. The maximum absolute atomic E-state index is 11.5. The van der Waals surface area contributed by atoms with E-state index in [9.17, 15) is 4.79 Å². The molecule has 82 valence electrons. The zero-order valence-corrected chi connectivity index (χ0v) is 8.60. The maximum Gasteiger partial charge on any atom is 0.279 e. The third-order valence-electron chi connectivity index (χ3n) is 2.33. The summed E-state index contributed by atoms with van der Waals surface area (Å²) in [6.45, 7) is 0. The van der Waals surface area contributed by atoms with Crippen molar-refractivity contribution in [2.45, 2.75) is 0 Å². The monoisotopic (exact) mass is 218 g/mol. The Morgan fingerprint density at radius 2 is 2.25 bits per heavy atom. The Morgan fingerprint density at radius 3 is 2.94 bits per heavy atom. The molecule has 0 spiro atoms. The first-order valence-corrected chi connectivity index (χ1v) is 4.63. The number of nitrogens with one attached hydrogen (secondary N) is 1. The molecular formula is C11H10N2O3. The van der Waals surface area contributed by atoms with Gasteiger partial charge in [0, 0.05) is 23.2 Å². The summed E-state index contributed by atoms with van der Waals surface area (Å²) >= 11 is 0. The van der Waals surface area contributed by atoms with Crippen molar-refractivity contribution in [1.82, 2.24) is 10.5 Å². The molecule has 1 amide bonds. The zero-order valence-electron chi connectivity index (χ0n) is 8.60. The second kappa shape index (κ2) is 4.16. The van der Waals surface area contributed by atoms with E-state index in [0.29, 0.717) is 16.7 Å². The Kier molecular flexibility index (Phi) is 2.70. The van der Waals surface area contributed by atoms with Gasteiger partial charge in [-0.05, 0) is 18.2 Å². The van der Waals surface area contributed by atoms with Crippen LogP contribution in [0.5, 0.6) is 5.75 Å². The minimum atomic E-state index is -0.603. The second-order valence-electron chi connectivity index (χ2n) is 3.18. The molecular weight excluding hydrogens is 208 g/mol. The number of hydrogen-bond donors (Lipinski definition) is 2. The van der Waals surface area contributed by atoms with Gasteiger partial charge in [0.05, 0.1) is 12.7 Å². The lowest BCUT2D eigenvalue weighted by Crippen LogP contribution is -2.19. The Bertz CT molecular complexity index is 540. The highest BCUT2D eigenvalue weighted by Crippen LogP contribution is 2.27. The molecule has 0 aliphatic carbocycles. The average Bonchev–Trinajstić information content (AvgIpc) is 2.36. The van der Waals surface area contributed by atoms with E-state index in [1.54, 1.807) is 36.1 Å². The molecule has 0 unspecified atom stereocenters. The van der Waals surface area contributed by atoms with Gasteiger partial charge in [-0.15, -0.1) is 0 Å². The largest absolute Gasteiger partial charge is 0.496 e. The molecule has 2 N–H and O–H groups in total. The lowest BCUT2D eigenvalue weighted by Gasteiger charge is -2.09. The van der Waals surface area contributed by atoms with Gasteiger partial charge in [-0.2, -0.15) is 0 Å². The number of aromatic nitrogens is 1. The number of rotatable bonds is 2. The van der Waals surface area contributed by atoms with Crippen LogP contribution in [0.1, 0.15) is 10.4 Å². The van der Waals surface area contributed by atoms with Gasteiger partial charge in [0.1, 0.15) is 5.75 Å². The Morgan fingerprint density at radius 1 is 1.44 bits per heavy atom. The molecule has 0 aliphatic rings. The van der Waals surface area contributed by atoms with E-state index in [-0.39, 0.29) is 0 Å². The summed E-state index contributed by atoms with van der Waals surface area (Å²) in [4.78, 5) is 15.5. The normalized spacial score (nSPS) is 10.1. The highest BCUT2D eigenvalue weighted by Gasteiger charge is 2.15. The van der Waals surface area contributed by atoms with Crippen molar-refractivity contribution in [3.8, 4) is 5.75 Å². The number of fused-ring (bicyclic) bond motifs is 1. The van der Waals surface area contributed by atoms with Crippen LogP contribution >= 0.6 is 0 Å². The quantitative estimate of drug-likeness (QED) is 0.589. The number of hydroxylamine groups is 1. The molecule has 5 heteroatoms. The first kappa shape index (κ1) is 10.4. The molecule has 1 heterocycles. The Hall–Kier alpha value is -2.14. The summed E-state index contributed by atoms with van der Waals surface area (Å²) in [7, 11) is 1.47. The SMILES string of the molecule is COc1ccc2cnccc2c1C(=O)NO. The zero-order chi connectivity index (χ0) is 11.5. The molecule has 0 fully saturated rings. The topological polar surface area (TPSA) is 71.5 Å². The summed E-state index contributed by atoms with van der Waals surface area (Å²) in [5.41, 5.74) is 1.90. The van der Waals surface area contributed by atoms with Crippen molar-refractivity contribution >= 4 is 16.7 Å². The van der Waals surface area contributed by atoms with Crippen molar-refractivity contribution in [3.05, 3.63) is 36.2 Å². The molecule has 0 atom stereocenters. The minimum Gasteiger partial charge on any atom is -0.496 e. The van der Waals surface area contributed by atoms with E-state index in [4.69, 9.17) is 9.94 Å². The molecule has 0 saturated carbocycles. The van der Waals surface area contributed by atoms with E-state index >= 15 is 0 Å². The highest BCUT2D eigenvalue weighted by molar-refractivity contribution is 6.08. The molecule has 2 aromatic rings. The van der Waals surface area contributed by atoms with Crippen LogP contribution in [0.3, 0.4) is 0 Å². The minimum absolute atomic E-state index is 0.296. The molecule has 5 nitrogen and oxygen atoms in total. The van der Waals surface area contributed by atoms with E-state index in [1.165, 1.54) is 7.11 Å². The fourth-order valence-electron chi connectivity index (χ4n) is 1.61. The summed E-state index contributed by atoms with van der Waals surface area (Å²) < 4.78 is 5.08. The first-order chi connectivity index (χ1) is 7.77. The first-order valence-electron chi connectivity index (χ1n) is 4.63. The molecule has 2 rings (SSSR count). The predicted octanol–water partition coefficient (Wildman–Crippen LogP) is 1.36. The van der Waals surface area contributed by atoms with Crippen LogP contribution in [0.25, 0.3) is 10.8 Å². The van der Waals surface area contributed by atoms with Crippen LogP contribution in [-0.4, -0.2) is 23.2 Å². The van der Waals surface area contributed by atoms with Gasteiger partial charge in [0.25, 0.3) is 5.91 Å². The molecule has 16 heavy (non-hydrogen) atoms. The Balaban J connectivity index is 2.78. The van der Waals surface area contributed by atoms with Crippen molar-refractivity contribution in [1.29, 1.82) is 0 Å². The summed E-state index contributed by atoms with van der Waals surface area (Å²) in [6.07, 6.45) is 3.22. The van der Waals surface area contributed by atoms with E-state index < -0.39 is 5.91 Å². The Labute approximate surface area is 91.6 Å². The van der Waals surface area contributed by atoms with Gasteiger partial charge < -0.3 is 4.74 Å². The van der Waals surface area contributed by atoms with Gasteiger partial charge in [0.15, 0.2) is 0 Å². The van der Waals surface area contributed by atoms with Crippen molar-refractivity contribution in [2.24, 2.45) is 0 Å². The number of nitrogens with zero attached hydrogens (tertiary/aromatic N) is 1. The van der Waals surface area contributed by atoms with Gasteiger partial charge in [0.2, 0.25) is 0 Å². The van der Waals surface area contributed by atoms with Gasteiger partial charge in [-0.1, -0.05) is 0 Å². The number of benzene rings is 1. The predicted molar refractivity (Wildman–Crippen MR) is 57.5 cm³/mol. The number of hydrogen-bond acceptors (Lipinski definition) is 4. The number of amides is 1. The number of methoxy groups -OCH3 is 1. The number of carbonyl (C=O) groups excluding carboxylic acids is 1. The van der Waals surface area contributed by atoms with E-state index in [2.05, 4.69) is 4.98 Å². The number of ether oxygens (including phenoxy) is 1. The second-order valence-corrected chi connectivity index (χ2v) is 3.18. The van der Waals surface area contributed by atoms with E-state index in [0.717, 1.165) is 5.39 Å². The average molecular weight is 218 g/mol.